The van der Waals surface area contributed by atoms with Gasteiger partial charge in [-0.3, -0.25) is 9.97 Å². The molecule has 3 rings (SSSR count). The first-order valence-electron chi connectivity index (χ1n) is 7.64. The minimum absolute atomic E-state index is 0.908. The summed E-state index contributed by atoms with van der Waals surface area (Å²) in [6, 6.07) is 14.3. The van der Waals surface area contributed by atoms with Crippen LogP contribution in [0.4, 0.5) is 11.4 Å². The van der Waals surface area contributed by atoms with Crippen LogP contribution in [0.3, 0.4) is 0 Å². The second-order valence-corrected chi connectivity index (χ2v) is 6.33. The molecular formula is C18H19BrN4. The number of hydrogen-bond donors (Lipinski definition) is 1. The largest absolute Gasteiger partial charge is 0.385 e. The van der Waals surface area contributed by atoms with Gasteiger partial charge in [0.1, 0.15) is 5.52 Å². The molecule has 4 nitrogen and oxygen atoms in total. The third kappa shape index (κ3) is 3.99. The van der Waals surface area contributed by atoms with Gasteiger partial charge in [0.25, 0.3) is 0 Å². The molecule has 0 saturated heterocycles. The molecule has 0 aliphatic heterocycles. The fourth-order valence-corrected chi connectivity index (χ4v) is 2.84. The molecule has 0 unspecified atom stereocenters. The predicted octanol–water partition coefficient (Wildman–Crippen LogP) is 4.33. The van der Waals surface area contributed by atoms with Crippen LogP contribution in [0.1, 0.15) is 6.42 Å². The van der Waals surface area contributed by atoms with E-state index in [9.17, 15) is 0 Å². The third-order valence-electron chi connectivity index (χ3n) is 3.71. The topological polar surface area (TPSA) is 41.0 Å². The molecule has 0 spiro atoms. The lowest BCUT2D eigenvalue weighted by Crippen LogP contribution is -2.21. The normalized spacial score (nSPS) is 10.7. The van der Waals surface area contributed by atoms with E-state index in [4.69, 9.17) is 0 Å². The molecule has 1 N–H and O–H groups in total. The van der Waals surface area contributed by atoms with Crippen molar-refractivity contribution in [3.8, 4) is 0 Å². The number of hydrogen-bond acceptors (Lipinski definition) is 4. The second-order valence-electron chi connectivity index (χ2n) is 5.42. The van der Waals surface area contributed by atoms with Crippen molar-refractivity contribution in [2.75, 3.05) is 30.4 Å². The second kappa shape index (κ2) is 7.42. The summed E-state index contributed by atoms with van der Waals surface area (Å²) in [4.78, 5) is 11.1. The minimum atomic E-state index is 0.908. The van der Waals surface area contributed by atoms with Crippen LogP contribution >= 0.6 is 15.9 Å². The van der Waals surface area contributed by atoms with E-state index < -0.39 is 0 Å². The number of anilines is 2. The molecule has 118 valence electrons. The Bertz CT molecular complexity index is 776. The first-order chi connectivity index (χ1) is 11.2. The van der Waals surface area contributed by atoms with Crippen molar-refractivity contribution in [3.63, 3.8) is 0 Å². The van der Waals surface area contributed by atoms with Crippen LogP contribution in [0.15, 0.2) is 59.3 Å². The number of rotatable bonds is 6. The van der Waals surface area contributed by atoms with Crippen molar-refractivity contribution < 1.29 is 0 Å². The zero-order valence-corrected chi connectivity index (χ0v) is 14.6. The number of halogens is 1. The highest BCUT2D eigenvalue weighted by Crippen LogP contribution is 2.24. The van der Waals surface area contributed by atoms with E-state index in [0.29, 0.717) is 0 Å². The van der Waals surface area contributed by atoms with Gasteiger partial charge in [0.15, 0.2) is 0 Å². The van der Waals surface area contributed by atoms with E-state index in [2.05, 4.69) is 55.3 Å². The first kappa shape index (κ1) is 15.7. The van der Waals surface area contributed by atoms with Gasteiger partial charge in [0.2, 0.25) is 0 Å². The van der Waals surface area contributed by atoms with Crippen LogP contribution in [-0.4, -0.2) is 30.1 Å². The molecule has 0 saturated carbocycles. The molecule has 3 aromatic rings. The van der Waals surface area contributed by atoms with E-state index >= 15 is 0 Å². The van der Waals surface area contributed by atoms with Gasteiger partial charge in [0, 0.05) is 42.7 Å². The molecule has 0 radical (unpaired) electrons. The lowest BCUT2D eigenvalue weighted by molar-refractivity contribution is 0.817. The van der Waals surface area contributed by atoms with Crippen molar-refractivity contribution >= 4 is 38.3 Å². The van der Waals surface area contributed by atoms with Crippen molar-refractivity contribution in [2.45, 2.75) is 6.42 Å². The van der Waals surface area contributed by atoms with Crippen LogP contribution in [-0.2, 0) is 0 Å². The van der Waals surface area contributed by atoms with Gasteiger partial charge in [-0.05, 0) is 46.6 Å². The van der Waals surface area contributed by atoms with Crippen LogP contribution < -0.4 is 10.2 Å². The SMILES string of the molecule is CN(CCCNc1ccccc1)c1ccnc2cc(Br)cnc12. The number of pyridine rings is 2. The number of para-hydroxylation sites is 1. The highest BCUT2D eigenvalue weighted by molar-refractivity contribution is 9.10. The Morgan fingerprint density at radius 3 is 2.78 bits per heavy atom. The molecule has 0 bridgehead atoms. The van der Waals surface area contributed by atoms with Gasteiger partial charge >= 0.3 is 0 Å². The molecular weight excluding hydrogens is 352 g/mol. The summed E-state index contributed by atoms with van der Waals surface area (Å²) in [6.07, 6.45) is 4.70. The molecule has 23 heavy (non-hydrogen) atoms. The Morgan fingerprint density at radius 1 is 1.13 bits per heavy atom. The zero-order chi connectivity index (χ0) is 16.1. The number of nitrogens with zero attached hydrogens (tertiary/aromatic N) is 3. The van der Waals surface area contributed by atoms with Gasteiger partial charge in [-0.15, -0.1) is 0 Å². The fourth-order valence-electron chi connectivity index (χ4n) is 2.52. The summed E-state index contributed by atoms with van der Waals surface area (Å²) >= 11 is 3.44. The predicted molar refractivity (Wildman–Crippen MR) is 100 cm³/mol. The summed E-state index contributed by atoms with van der Waals surface area (Å²) in [5, 5.41) is 3.44. The summed E-state index contributed by atoms with van der Waals surface area (Å²) < 4.78 is 0.948. The van der Waals surface area contributed by atoms with Crippen molar-refractivity contribution in [1.82, 2.24) is 9.97 Å². The van der Waals surface area contributed by atoms with Crippen molar-refractivity contribution in [3.05, 3.63) is 59.3 Å². The Balaban J connectivity index is 1.61. The van der Waals surface area contributed by atoms with Crippen LogP contribution in [0.2, 0.25) is 0 Å². The Labute approximate surface area is 144 Å². The Morgan fingerprint density at radius 2 is 1.96 bits per heavy atom. The zero-order valence-electron chi connectivity index (χ0n) is 13.0. The molecule has 0 aliphatic carbocycles. The van der Waals surface area contributed by atoms with Crippen LogP contribution in [0.25, 0.3) is 11.0 Å². The van der Waals surface area contributed by atoms with Gasteiger partial charge in [0.05, 0.1) is 11.2 Å². The molecule has 0 amide bonds. The molecule has 2 aromatic heterocycles. The van der Waals surface area contributed by atoms with Gasteiger partial charge in [-0.25, -0.2) is 0 Å². The standard InChI is InChI=1S/C18H19BrN4/c1-23(11-5-9-20-15-6-3-2-4-7-15)17-8-10-21-16-12-14(19)13-22-18(16)17/h2-4,6-8,10,12-13,20H,5,9,11H2,1H3. The molecule has 5 heteroatoms. The Kier molecular flexibility index (Phi) is 5.08. The smallest absolute Gasteiger partial charge is 0.112 e. The van der Waals surface area contributed by atoms with E-state index in [1.807, 2.05) is 42.7 Å². The summed E-state index contributed by atoms with van der Waals surface area (Å²) in [7, 11) is 2.10. The lowest BCUT2D eigenvalue weighted by Gasteiger charge is -2.20. The maximum atomic E-state index is 4.51. The van der Waals surface area contributed by atoms with E-state index in [0.717, 1.165) is 46.4 Å². The van der Waals surface area contributed by atoms with E-state index in [1.54, 1.807) is 0 Å². The Hall–Kier alpha value is -2.14. The number of benzene rings is 1. The number of nitrogens with one attached hydrogen (secondary N) is 1. The third-order valence-corrected chi connectivity index (χ3v) is 4.14. The highest BCUT2D eigenvalue weighted by Gasteiger charge is 2.08. The maximum Gasteiger partial charge on any atom is 0.112 e. The van der Waals surface area contributed by atoms with Crippen molar-refractivity contribution in [2.24, 2.45) is 0 Å². The van der Waals surface area contributed by atoms with Crippen LogP contribution in [0, 0.1) is 0 Å². The number of aromatic nitrogens is 2. The van der Waals surface area contributed by atoms with Gasteiger partial charge in [-0.2, -0.15) is 0 Å². The van der Waals surface area contributed by atoms with Gasteiger partial charge in [-0.1, -0.05) is 18.2 Å². The monoisotopic (exact) mass is 370 g/mol. The quantitative estimate of drug-likeness (QED) is 0.655. The average Bonchev–Trinajstić information content (AvgIpc) is 2.58. The molecule has 0 aliphatic rings. The van der Waals surface area contributed by atoms with Gasteiger partial charge < -0.3 is 10.2 Å². The van der Waals surface area contributed by atoms with Crippen molar-refractivity contribution in [1.29, 1.82) is 0 Å². The fraction of sp³-hybridized carbons (Fsp3) is 0.222. The molecule has 1 aromatic carbocycles. The average molecular weight is 371 g/mol. The summed E-state index contributed by atoms with van der Waals surface area (Å²) in [6.45, 7) is 1.90. The first-order valence-corrected chi connectivity index (χ1v) is 8.43. The maximum absolute atomic E-state index is 4.51. The highest BCUT2D eigenvalue weighted by atomic mass is 79.9. The molecule has 2 heterocycles. The lowest BCUT2D eigenvalue weighted by atomic mass is 10.2. The molecule has 0 atom stereocenters. The minimum Gasteiger partial charge on any atom is -0.385 e. The van der Waals surface area contributed by atoms with Crippen LogP contribution in [0.5, 0.6) is 0 Å². The summed E-state index contributed by atoms with van der Waals surface area (Å²) in [5.41, 5.74) is 4.12. The van der Waals surface area contributed by atoms with E-state index in [1.165, 1.54) is 0 Å². The number of fused-ring (bicyclic) bond motifs is 1. The summed E-state index contributed by atoms with van der Waals surface area (Å²) in [5.74, 6) is 0. The molecule has 0 fully saturated rings. The van der Waals surface area contributed by atoms with E-state index in [-0.39, 0.29) is 0 Å².